The third-order valence-electron chi connectivity index (χ3n) is 1.74. The van der Waals surface area contributed by atoms with Gasteiger partial charge in [0.25, 0.3) is 0 Å². The monoisotopic (exact) mass is 167 g/mol. The Morgan fingerprint density at radius 3 is 2.42 bits per heavy atom. The molecule has 0 aliphatic heterocycles. The van der Waals surface area contributed by atoms with Gasteiger partial charge in [0, 0.05) is 0 Å². The molecule has 0 rings (SSSR count). The van der Waals surface area contributed by atoms with Gasteiger partial charge < -0.3 is 0 Å². The van der Waals surface area contributed by atoms with E-state index in [9.17, 15) is 0 Å². The lowest BCUT2D eigenvalue weighted by Crippen LogP contribution is -2.09. The fourth-order valence-electron chi connectivity index (χ4n) is 0.914. The molecule has 1 N–H and O–H groups in total. The van der Waals surface area contributed by atoms with E-state index in [4.69, 9.17) is 10.8 Å². The molecular formula is C9H17N3. The van der Waals surface area contributed by atoms with Crippen LogP contribution in [0.2, 0.25) is 0 Å². The van der Waals surface area contributed by atoms with Gasteiger partial charge in [-0.2, -0.15) is 10.4 Å². The van der Waals surface area contributed by atoms with Crippen molar-refractivity contribution in [2.45, 2.75) is 33.6 Å². The van der Waals surface area contributed by atoms with Crippen LogP contribution in [0.5, 0.6) is 0 Å². The van der Waals surface area contributed by atoms with Crippen molar-refractivity contribution in [1.82, 2.24) is 0 Å². The van der Waals surface area contributed by atoms with Crippen molar-refractivity contribution in [3.8, 4) is 6.07 Å². The standard InChI is InChI=1S/C9H17N3/c1-9(2,3)5-4-8(6-10)7-12-11/h8,11H,4-5,7H2,1-3H3. The minimum atomic E-state index is -0.0678. The summed E-state index contributed by atoms with van der Waals surface area (Å²) in [6, 6.07) is 2.16. The van der Waals surface area contributed by atoms with Crippen molar-refractivity contribution in [2.75, 3.05) is 6.54 Å². The molecule has 0 radical (unpaired) electrons. The number of nitrogens with zero attached hydrogens (tertiary/aromatic N) is 2. The van der Waals surface area contributed by atoms with Crippen LogP contribution in [-0.4, -0.2) is 6.54 Å². The first kappa shape index (κ1) is 11.1. The van der Waals surface area contributed by atoms with Crippen molar-refractivity contribution in [3.05, 3.63) is 0 Å². The zero-order valence-electron chi connectivity index (χ0n) is 8.09. The molecule has 0 aliphatic rings. The molecule has 0 saturated carbocycles. The summed E-state index contributed by atoms with van der Waals surface area (Å²) in [5.74, 6) is -0.0678. The Balaban J connectivity index is 3.74. The molecule has 12 heavy (non-hydrogen) atoms. The fourth-order valence-corrected chi connectivity index (χ4v) is 0.914. The molecule has 3 heteroatoms. The van der Waals surface area contributed by atoms with E-state index in [2.05, 4.69) is 32.0 Å². The van der Waals surface area contributed by atoms with Gasteiger partial charge in [0.2, 0.25) is 0 Å². The van der Waals surface area contributed by atoms with Gasteiger partial charge in [-0.3, -0.25) is 0 Å². The number of rotatable bonds is 4. The first-order valence-electron chi connectivity index (χ1n) is 4.22. The quantitative estimate of drug-likeness (QED) is 0.643. The van der Waals surface area contributed by atoms with Crippen LogP contribution in [0.25, 0.3) is 0 Å². The van der Waals surface area contributed by atoms with E-state index in [0.29, 0.717) is 6.54 Å². The lowest BCUT2D eigenvalue weighted by atomic mass is 9.87. The summed E-state index contributed by atoms with van der Waals surface area (Å²) in [6.45, 7) is 6.81. The van der Waals surface area contributed by atoms with Crippen LogP contribution < -0.4 is 0 Å². The highest BCUT2D eigenvalue weighted by atomic mass is 14.9. The topological polar surface area (TPSA) is 60.0 Å². The van der Waals surface area contributed by atoms with Crippen LogP contribution in [-0.2, 0) is 0 Å². The van der Waals surface area contributed by atoms with Gasteiger partial charge in [0.05, 0.1) is 18.5 Å². The average molecular weight is 167 g/mol. The first-order valence-corrected chi connectivity index (χ1v) is 4.22. The fraction of sp³-hybridized carbons (Fsp3) is 0.889. The molecule has 0 spiro atoms. The van der Waals surface area contributed by atoms with Gasteiger partial charge in [-0.25, -0.2) is 5.53 Å². The van der Waals surface area contributed by atoms with Crippen molar-refractivity contribution in [2.24, 2.45) is 16.4 Å². The molecule has 0 fully saturated rings. The zero-order valence-corrected chi connectivity index (χ0v) is 8.09. The molecular weight excluding hydrogens is 150 g/mol. The third-order valence-corrected chi connectivity index (χ3v) is 1.74. The largest absolute Gasteiger partial charge is 0.210 e. The minimum Gasteiger partial charge on any atom is -0.210 e. The van der Waals surface area contributed by atoms with Crippen molar-refractivity contribution in [1.29, 1.82) is 10.8 Å². The number of nitrogens with one attached hydrogen (secondary N) is 1. The summed E-state index contributed by atoms with van der Waals surface area (Å²) in [5.41, 5.74) is 6.92. The molecule has 0 aromatic heterocycles. The molecule has 3 nitrogen and oxygen atoms in total. The summed E-state index contributed by atoms with van der Waals surface area (Å²) in [7, 11) is 0. The molecule has 1 unspecified atom stereocenters. The Morgan fingerprint density at radius 1 is 1.50 bits per heavy atom. The van der Waals surface area contributed by atoms with Crippen molar-refractivity contribution >= 4 is 0 Å². The third kappa shape index (κ3) is 5.84. The van der Waals surface area contributed by atoms with Crippen LogP contribution in [0.15, 0.2) is 5.11 Å². The number of hydrogen-bond donors (Lipinski definition) is 1. The molecule has 0 heterocycles. The average Bonchev–Trinajstić information content (AvgIpc) is 1.96. The maximum atomic E-state index is 8.66. The maximum Gasteiger partial charge on any atom is 0.0754 e. The normalized spacial score (nSPS) is 13.5. The molecule has 0 bridgehead atoms. The second kappa shape index (κ2) is 4.87. The first-order chi connectivity index (χ1) is 5.49. The van der Waals surface area contributed by atoms with E-state index >= 15 is 0 Å². The second-order valence-electron chi connectivity index (χ2n) is 4.27. The second-order valence-corrected chi connectivity index (χ2v) is 4.27. The van der Waals surface area contributed by atoms with Crippen LogP contribution in [0.4, 0.5) is 0 Å². The van der Waals surface area contributed by atoms with E-state index in [0.717, 1.165) is 12.8 Å². The summed E-state index contributed by atoms with van der Waals surface area (Å²) < 4.78 is 0. The predicted octanol–water partition coefficient (Wildman–Crippen LogP) is 2.98. The maximum absolute atomic E-state index is 8.66. The van der Waals surface area contributed by atoms with Crippen LogP contribution in [0.3, 0.4) is 0 Å². The van der Waals surface area contributed by atoms with Gasteiger partial charge >= 0.3 is 0 Å². The van der Waals surface area contributed by atoms with Gasteiger partial charge in [0.1, 0.15) is 0 Å². The van der Waals surface area contributed by atoms with Crippen molar-refractivity contribution < 1.29 is 0 Å². The van der Waals surface area contributed by atoms with Gasteiger partial charge in [-0.05, 0) is 18.3 Å². The molecule has 1 atom stereocenters. The van der Waals surface area contributed by atoms with Crippen LogP contribution >= 0.6 is 0 Å². The van der Waals surface area contributed by atoms with Gasteiger partial charge in [-0.1, -0.05) is 20.8 Å². The highest BCUT2D eigenvalue weighted by Gasteiger charge is 2.14. The Kier molecular flexibility index (Phi) is 4.50. The van der Waals surface area contributed by atoms with E-state index in [1.165, 1.54) is 0 Å². The summed E-state index contributed by atoms with van der Waals surface area (Å²) in [6.07, 6.45) is 1.86. The lowest BCUT2D eigenvalue weighted by molar-refractivity contribution is 0.344. The summed E-state index contributed by atoms with van der Waals surface area (Å²) >= 11 is 0. The van der Waals surface area contributed by atoms with E-state index in [-0.39, 0.29) is 11.3 Å². The highest BCUT2D eigenvalue weighted by molar-refractivity contribution is 4.84. The summed E-state index contributed by atoms with van der Waals surface area (Å²) in [4.78, 5) is 0. The zero-order chi connectivity index (χ0) is 9.61. The van der Waals surface area contributed by atoms with E-state index in [1.54, 1.807) is 0 Å². The Morgan fingerprint density at radius 2 is 2.08 bits per heavy atom. The van der Waals surface area contributed by atoms with Gasteiger partial charge in [0.15, 0.2) is 0 Å². The Hall–Kier alpha value is -0.910. The van der Waals surface area contributed by atoms with E-state index in [1.807, 2.05) is 0 Å². The highest BCUT2D eigenvalue weighted by Crippen LogP contribution is 2.23. The van der Waals surface area contributed by atoms with Crippen molar-refractivity contribution in [3.63, 3.8) is 0 Å². The molecule has 0 aliphatic carbocycles. The van der Waals surface area contributed by atoms with Gasteiger partial charge in [-0.15, -0.1) is 0 Å². The molecule has 0 amide bonds. The molecule has 0 aromatic rings. The number of hydrogen-bond acceptors (Lipinski definition) is 3. The predicted molar refractivity (Wildman–Crippen MR) is 47.8 cm³/mol. The van der Waals surface area contributed by atoms with E-state index < -0.39 is 0 Å². The smallest absolute Gasteiger partial charge is 0.0754 e. The Labute approximate surface area is 74.3 Å². The SMILES string of the molecule is CC(C)(C)CCC(C#N)CN=N. The van der Waals surface area contributed by atoms with Crippen LogP contribution in [0, 0.1) is 28.2 Å². The molecule has 68 valence electrons. The summed E-state index contributed by atoms with van der Waals surface area (Å²) in [5, 5.41) is 11.9. The molecule has 0 saturated heterocycles. The lowest BCUT2D eigenvalue weighted by Gasteiger charge is -2.18. The minimum absolute atomic E-state index is 0.0678. The molecule has 0 aromatic carbocycles. The van der Waals surface area contributed by atoms with Crippen LogP contribution in [0.1, 0.15) is 33.6 Å². The number of nitriles is 1. The Bertz CT molecular complexity index is 173.